The van der Waals surface area contributed by atoms with Crippen molar-refractivity contribution in [3.05, 3.63) is 33.5 Å². The van der Waals surface area contributed by atoms with Crippen LogP contribution in [0.1, 0.15) is 43.9 Å². The number of thioether (sulfide) groups is 1. The van der Waals surface area contributed by atoms with Crippen LogP contribution < -0.4 is 5.32 Å². The van der Waals surface area contributed by atoms with Crippen molar-refractivity contribution in [2.45, 2.75) is 25.0 Å². The highest BCUT2D eigenvalue weighted by molar-refractivity contribution is 7.98. The van der Waals surface area contributed by atoms with E-state index in [1.807, 2.05) is 6.26 Å². The number of thiazole rings is 1. The number of nitrogens with zero attached hydrogens (tertiary/aromatic N) is 1. The number of carboxylic acid groups (broad SMARTS) is 1. The van der Waals surface area contributed by atoms with Gasteiger partial charge in [-0.05, 0) is 32.2 Å². The number of aromatic carboxylic acids is 1. The second kappa shape index (κ2) is 6.31. The first-order valence-electron chi connectivity index (χ1n) is 6.07. The fraction of sp³-hybridized carbons (Fsp3) is 0.308. The molecule has 0 aliphatic heterocycles. The molecule has 0 fully saturated rings. The molecule has 1 amide bonds. The molecule has 21 heavy (non-hydrogen) atoms. The van der Waals surface area contributed by atoms with E-state index in [1.165, 1.54) is 11.8 Å². The Balaban J connectivity index is 2.10. The fourth-order valence-electron chi connectivity index (χ4n) is 1.68. The Morgan fingerprint density at radius 2 is 2.19 bits per heavy atom. The van der Waals surface area contributed by atoms with Gasteiger partial charge in [-0.1, -0.05) is 11.8 Å². The molecule has 2 N–H and O–H groups in total. The Labute approximate surface area is 129 Å². The van der Waals surface area contributed by atoms with Crippen LogP contribution in [0, 0.1) is 6.92 Å². The Bertz CT molecular complexity index is 678. The lowest BCUT2D eigenvalue weighted by Crippen LogP contribution is -2.26. The number of carbonyl (C=O) groups is 2. The number of aryl methyl sites for hydroxylation is 1. The second-order valence-electron chi connectivity index (χ2n) is 4.29. The summed E-state index contributed by atoms with van der Waals surface area (Å²) in [6.07, 6.45) is 1.86. The molecule has 0 saturated heterocycles. The molecule has 0 aromatic carbocycles. The highest BCUT2D eigenvalue weighted by atomic mass is 32.2. The van der Waals surface area contributed by atoms with Gasteiger partial charge in [0.25, 0.3) is 5.91 Å². The van der Waals surface area contributed by atoms with Crippen molar-refractivity contribution in [3.63, 3.8) is 0 Å². The van der Waals surface area contributed by atoms with E-state index < -0.39 is 12.0 Å². The van der Waals surface area contributed by atoms with Crippen LogP contribution in [0.5, 0.6) is 0 Å². The quantitative estimate of drug-likeness (QED) is 0.821. The number of rotatable bonds is 5. The maximum Gasteiger partial charge on any atom is 0.347 e. The van der Waals surface area contributed by atoms with E-state index in [4.69, 9.17) is 9.52 Å². The molecule has 2 aromatic heterocycles. The largest absolute Gasteiger partial charge is 0.477 e. The first-order valence-corrected chi connectivity index (χ1v) is 8.11. The second-order valence-corrected chi connectivity index (χ2v) is 6.13. The lowest BCUT2D eigenvalue weighted by Gasteiger charge is -2.09. The van der Waals surface area contributed by atoms with Gasteiger partial charge in [0.1, 0.15) is 9.88 Å². The van der Waals surface area contributed by atoms with Crippen molar-refractivity contribution in [1.29, 1.82) is 0 Å². The smallest absolute Gasteiger partial charge is 0.347 e. The van der Waals surface area contributed by atoms with Gasteiger partial charge in [-0.15, -0.1) is 11.3 Å². The Morgan fingerprint density at radius 3 is 2.71 bits per heavy atom. The summed E-state index contributed by atoms with van der Waals surface area (Å²) in [7, 11) is 0. The molecular weight excluding hydrogens is 312 g/mol. The molecule has 0 aliphatic rings. The molecule has 0 saturated carbocycles. The van der Waals surface area contributed by atoms with Crippen LogP contribution in [-0.4, -0.2) is 28.2 Å². The highest BCUT2D eigenvalue weighted by Gasteiger charge is 2.20. The molecular formula is C13H14N2O4S2. The monoisotopic (exact) mass is 326 g/mol. The van der Waals surface area contributed by atoms with Crippen molar-refractivity contribution < 1.29 is 19.1 Å². The van der Waals surface area contributed by atoms with Gasteiger partial charge < -0.3 is 14.8 Å². The molecule has 0 bridgehead atoms. The maximum atomic E-state index is 12.0. The molecule has 0 spiro atoms. The van der Waals surface area contributed by atoms with Crippen LogP contribution in [0.4, 0.5) is 0 Å². The van der Waals surface area contributed by atoms with E-state index in [0.717, 1.165) is 11.3 Å². The Hall–Kier alpha value is -1.80. The molecule has 112 valence electrons. The van der Waals surface area contributed by atoms with Gasteiger partial charge in [0.15, 0.2) is 10.9 Å². The minimum atomic E-state index is -1.01. The standard InChI is InChI=1S/C13H14N2O4S2/c1-6-10(13(17)18)21-12(15-6)7(2)14-11(16)8-4-5-9(19-8)20-3/h4-5,7H,1-3H3,(H,14,16)(H,17,18). The number of carboxylic acids is 1. The summed E-state index contributed by atoms with van der Waals surface area (Å²) in [5.74, 6) is -1.14. The van der Waals surface area contributed by atoms with Crippen LogP contribution in [0.15, 0.2) is 21.6 Å². The first kappa shape index (κ1) is 15.6. The summed E-state index contributed by atoms with van der Waals surface area (Å²) in [5.41, 5.74) is 0.450. The van der Waals surface area contributed by atoms with Gasteiger partial charge in [0, 0.05) is 0 Å². The summed E-state index contributed by atoms with van der Waals surface area (Å²) in [6.45, 7) is 3.38. The zero-order chi connectivity index (χ0) is 15.6. The molecule has 2 aromatic rings. The van der Waals surface area contributed by atoms with Crippen molar-refractivity contribution in [1.82, 2.24) is 10.3 Å². The van der Waals surface area contributed by atoms with Crippen LogP contribution in [0.25, 0.3) is 0 Å². The van der Waals surface area contributed by atoms with Crippen LogP contribution in [0.2, 0.25) is 0 Å². The molecule has 6 nitrogen and oxygen atoms in total. The molecule has 8 heteroatoms. The van der Waals surface area contributed by atoms with Gasteiger partial charge in [-0.2, -0.15) is 0 Å². The molecule has 0 aliphatic carbocycles. The van der Waals surface area contributed by atoms with Gasteiger partial charge in [-0.25, -0.2) is 9.78 Å². The number of furan rings is 1. The average molecular weight is 326 g/mol. The van der Waals surface area contributed by atoms with E-state index in [-0.39, 0.29) is 16.5 Å². The molecule has 2 rings (SSSR count). The third kappa shape index (κ3) is 3.45. The zero-order valence-electron chi connectivity index (χ0n) is 11.7. The first-order chi connectivity index (χ1) is 9.92. The summed E-state index contributed by atoms with van der Waals surface area (Å²) < 4.78 is 5.34. The van der Waals surface area contributed by atoms with Crippen LogP contribution >= 0.6 is 23.1 Å². The van der Waals surface area contributed by atoms with E-state index in [1.54, 1.807) is 26.0 Å². The lowest BCUT2D eigenvalue weighted by atomic mass is 10.3. The van der Waals surface area contributed by atoms with Crippen molar-refractivity contribution in [2.75, 3.05) is 6.26 Å². The Kier molecular flexibility index (Phi) is 4.69. The van der Waals surface area contributed by atoms with E-state index in [0.29, 0.717) is 15.8 Å². The third-order valence-corrected chi connectivity index (χ3v) is 4.68. The molecule has 1 atom stereocenters. The highest BCUT2D eigenvalue weighted by Crippen LogP contribution is 2.24. The third-order valence-electron chi connectivity index (χ3n) is 2.73. The van der Waals surface area contributed by atoms with Crippen LogP contribution in [-0.2, 0) is 0 Å². The normalized spacial score (nSPS) is 12.1. The van der Waals surface area contributed by atoms with E-state index >= 15 is 0 Å². The van der Waals surface area contributed by atoms with Crippen molar-refractivity contribution >= 4 is 35.0 Å². The number of aromatic nitrogens is 1. The lowest BCUT2D eigenvalue weighted by molar-refractivity contribution is 0.0700. The van der Waals surface area contributed by atoms with Crippen molar-refractivity contribution in [2.24, 2.45) is 0 Å². The van der Waals surface area contributed by atoms with E-state index in [2.05, 4.69) is 10.3 Å². The fourth-order valence-corrected chi connectivity index (χ4v) is 2.97. The summed E-state index contributed by atoms with van der Waals surface area (Å²) in [5, 5.41) is 13.0. The predicted octanol–water partition coefficient (Wildman–Crippen LogP) is 2.96. The van der Waals surface area contributed by atoms with Gasteiger partial charge in [0.05, 0.1) is 11.7 Å². The van der Waals surface area contributed by atoms with Gasteiger partial charge >= 0.3 is 5.97 Å². The summed E-state index contributed by atoms with van der Waals surface area (Å²) in [4.78, 5) is 27.4. The number of carbonyl (C=O) groups excluding carboxylic acids is 1. The molecule has 2 heterocycles. The van der Waals surface area contributed by atoms with Crippen LogP contribution in [0.3, 0.4) is 0 Å². The van der Waals surface area contributed by atoms with Gasteiger partial charge in [0.2, 0.25) is 0 Å². The predicted molar refractivity (Wildman–Crippen MR) is 80.2 cm³/mol. The number of amides is 1. The maximum absolute atomic E-state index is 12.0. The number of hydrogen-bond acceptors (Lipinski definition) is 6. The molecule has 1 unspecified atom stereocenters. The molecule has 0 radical (unpaired) electrons. The number of hydrogen-bond donors (Lipinski definition) is 2. The van der Waals surface area contributed by atoms with Gasteiger partial charge in [-0.3, -0.25) is 4.79 Å². The SMILES string of the molecule is CSc1ccc(C(=O)NC(C)c2nc(C)c(C(=O)O)s2)o1. The minimum absolute atomic E-state index is 0.189. The van der Waals surface area contributed by atoms with E-state index in [9.17, 15) is 9.59 Å². The number of nitrogens with one attached hydrogen (secondary N) is 1. The summed E-state index contributed by atoms with van der Waals surface area (Å²) >= 11 is 2.47. The topological polar surface area (TPSA) is 92.4 Å². The zero-order valence-corrected chi connectivity index (χ0v) is 13.3. The summed E-state index contributed by atoms with van der Waals surface area (Å²) in [6, 6.07) is 2.93. The Morgan fingerprint density at radius 1 is 1.48 bits per heavy atom. The van der Waals surface area contributed by atoms with Crippen molar-refractivity contribution in [3.8, 4) is 0 Å². The minimum Gasteiger partial charge on any atom is -0.477 e. The average Bonchev–Trinajstić information content (AvgIpc) is 3.04.